The number of amides is 4. The van der Waals surface area contributed by atoms with E-state index in [0.29, 0.717) is 28.6 Å². The Bertz CT molecular complexity index is 1200. The lowest BCUT2D eigenvalue weighted by molar-refractivity contribution is -0.122. The predicted octanol–water partition coefficient (Wildman–Crippen LogP) is 4.89. The van der Waals surface area contributed by atoms with Crippen molar-refractivity contribution in [2.24, 2.45) is 0 Å². The fourth-order valence-corrected chi connectivity index (χ4v) is 3.29. The van der Waals surface area contributed by atoms with Gasteiger partial charge in [-0.15, -0.1) is 0 Å². The summed E-state index contributed by atoms with van der Waals surface area (Å²) in [5.74, 6) is -0.796. The van der Waals surface area contributed by atoms with Gasteiger partial charge in [-0.1, -0.05) is 53.6 Å². The van der Waals surface area contributed by atoms with Crippen molar-refractivity contribution in [2.45, 2.75) is 13.5 Å². The van der Waals surface area contributed by atoms with E-state index in [1.807, 2.05) is 31.2 Å². The monoisotopic (exact) mass is 446 g/mol. The number of imide groups is 2. The minimum Gasteiger partial charge on any atom is -0.489 e. The van der Waals surface area contributed by atoms with Crippen molar-refractivity contribution in [3.63, 3.8) is 0 Å². The molecule has 3 aromatic carbocycles. The summed E-state index contributed by atoms with van der Waals surface area (Å²) in [4.78, 5) is 38.4. The molecule has 1 N–H and O–H groups in total. The Balaban J connectivity index is 1.50. The van der Waals surface area contributed by atoms with Gasteiger partial charge in [-0.3, -0.25) is 14.9 Å². The molecule has 0 aromatic heterocycles. The van der Waals surface area contributed by atoms with Crippen LogP contribution in [0.3, 0.4) is 0 Å². The lowest BCUT2D eigenvalue weighted by atomic mass is 10.1. The second-order valence-corrected chi connectivity index (χ2v) is 7.71. The summed E-state index contributed by atoms with van der Waals surface area (Å²) in [6.45, 7) is 2.46. The Labute approximate surface area is 190 Å². The maximum Gasteiger partial charge on any atom is 0.335 e. The molecule has 6 nitrogen and oxygen atoms in total. The fraction of sp³-hybridized carbons (Fsp3) is 0.0800. The van der Waals surface area contributed by atoms with Crippen LogP contribution < -0.4 is 15.0 Å². The van der Waals surface area contributed by atoms with Crippen LogP contribution >= 0.6 is 11.6 Å². The molecular weight excluding hydrogens is 428 g/mol. The van der Waals surface area contributed by atoms with Crippen molar-refractivity contribution < 1.29 is 19.1 Å². The van der Waals surface area contributed by atoms with E-state index in [1.54, 1.807) is 36.4 Å². The smallest absolute Gasteiger partial charge is 0.335 e. The van der Waals surface area contributed by atoms with E-state index in [4.69, 9.17) is 16.3 Å². The number of hydrogen-bond acceptors (Lipinski definition) is 4. The molecule has 0 aliphatic carbocycles. The average molecular weight is 447 g/mol. The minimum absolute atomic E-state index is 0.145. The number of anilines is 1. The molecule has 1 heterocycles. The summed E-state index contributed by atoms with van der Waals surface area (Å²) < 4.78 is 5.79. The van der Waals surface area contributed by atoms with Crippen molar-refractivity contribution in [3.05, 3.63) is 100 Å². The van der Waals surface area contributed by atoms with Gasteiger partial charge in [0.05, 0.1) is 5.69 Å². The molecule has 7 heteroatoms. The number of rotatable bonds is 5. The molecule has 32 heavy (non-hydrogen) atoms. The second kappa shape index (κ2) is 9.08. The summed E-state index contributed by atoms with van der Waals surface area (Å²) in [6, 6.07) is 20.4. The highest BCUT2D eigenvalue weighted by atomic mass is 35.5. The van der Waals surface area contributed by atoms with Crippen molar-refractivity contribution in [1.29, 1.82) is 0 Å². The molecule has 160 valence electrons. The number of nitrogens with zero attached hydrogens (tertiary/aromatic N) is 1. The van der Waals surface area contributed by atoms with Gasteiger partial charge in [-0.05, 0) is 60.5 Å². The second-order valence-electron chi connectivity index (χ2n) is 7.28. The van der Waals surface area contributed by atoms with Gasteiger partial charge >= 0.3 is 6.03 Å². The molecular formula is C25H19ClN2O4. The number of urea groups is 1. The summed E-state index contributed by atoms with van der Waals surface area (Å²) in [5.41, 5.74) is 3.03. The van der Waals surface area contributed by atoms with Crippen LogP contribution in [0, 0.1) is 6.92 Å². The number of hydrogen-bond donors (Lipinski definition) is 1. The third-order valence-electron chi connectivity index (χ3n) is 4.90. The quantitative estimate of drug-likeness (QED) is 0.447. The number of carbonyl (C=O) groups excluding carboxylic acids is 3. The van der Waals surface area contributed by atoms with E-state index < -0.39 is 17.8 Å². The molecule has 0 saturated carbocycles. The number of halogens is 1. The Morgan fingerprint density at radius 3 is 2.22 bits per heavy atom. The molecule has 0 radical (unpaired) electrons. The van der Waals surface area contributed by atoms with Crippen molar-refractivity contribution in [1.82, 2.24) is 5.32 Å². The van der Waals surface area contributed by atoms with Gasteiger partial charge in [0.2, 0.25) is 0 Å². The van der Waals surface area contributed by atoms with Crippen LogP contribution in [-0.4, -0.2) is 17.8 Å². The predicted molar refractivity (Wildman–Crippen MR) is 122 cm³/mol. The van der Waals surface area contributed by atoms with Crippen molar-refractivity contribution in [2.75, 3.05) is 4.90 Å². The number of barbiturate groups is 1. The highest BCUT2D eigenvalue weighted by molar-refractivity contribution is 6.39. The van der Waals surface area contributed by atoms with Crippen LogP contribution in [0.4, 0.5) is 10.5 Å². The van der Waals surface area contributed by atoms with E-state index >= 15 is 0 Å². The molecule has 1 aliphatic heterocycles. The summed E-state index contributed by atoms with van der Waals surface area (Å²) in [5, 5.41) is 2.67. The molecule has 1 saturated heterocycles. The maximum absolute atomic E-state index is 12.9. The number of carbonyl (C=O) groups is 3. The molecule has 1 fully saturated rings. The van der Waals surface area contributed by atoms with Crippen LogP contribution in [-0.2, 0) is 16.2 Å². The largest absolute Gasteiger partial charge is 0.489 e. The van der Waals surface area contributed by atoms with E-state index in [-0.39, 0.29) is 5.57 Å². The third kappa shape index (κ3) is 4.71. The van der Waals surface area contributed by atoms with Crippen LogP contribution in [0.2, 0.25) is 5.02 Å². The number of ether oxygens (including phenoxy) is 1. The first-order valence-electron chi connectivity index (χ1n) is 9.86. The van der Waals surface area contributed by atoms with E-state index in [1.165, 1.54) is 23.8 Å². The van der Waals surface area contributed by atoms with E-state index in [2.05, 4.69) is 5.32 Å². The van der Waals surface area contributed by atoms with Crippen LogP contribution in [0.1, 0.15) is 16.7 Å². The molecule has 0 unspecified atom stereocenters. The van der Waals surface area contributed by atoms with Crippen molar-refractivity contribution >= 4 is 41.2 Å². The SMILES string of the molecule is Cc1ccc(COc2ccc(/C=C3\C(=O)NC(=O)N(c4ccc(Cl)cc4)C3=O)cc2)cc1. The first kappa shape index (κ1) is 21.3. The van der Waals surface area contributed by atoms with Crippen LogP contribution in [0.5, 0.6) is 5.75 Å². The highest BCUT2D eigenvalue weighted by Gasteiger charge is 2.36. The average Bonchev–Trinajstić information content (AvgIpc) is 2.78. The molecule has 0 spiro atoms. The first-order chi connectivity index (χ1) is 15.4. The van der Waals surface area contributed by atoms with Gasteiger partial charge in [-0.25, -0.2) is 9.69 Å². The third-order valence-corrected chi connectivity index (χ3v) is 5.16. The highest BCUT2D eigenvalue weighted by Crippen LogP contribution is 2.24. The molecule has 3 aromatic rings. The summed E-state index contributed by atoms with van der Waals surface area (Å²) >= 11 is 5.88. The molecule has 0 atom stereocenters. The molecule has 4 amide bonds. The Kier molecular flexibility index (Phi) is 6.05. The summed E-state index contributed by atoms with van der Waals surface area (Å²) in [7, 11) is 0. The van der Waals surface area contributed by atoms with Gasteiger partial charge in [-0.2, -0.15) is 0 Å². The molecule has 1 aliphatic rings. The Hall–Kier alpha value is -3.90. The minimum atomic E-state index is -0.806. The van der Waals surface area contributed by atoms with Gasteiger partial charge in [0.25, 0.3) is 11.8 Å². The Morgan fingerprint density at radius 1 is 0.906 bits per heavy atom. The summed E-state index contributed by atoms with van der Waals surface area (Å²) in [6.07, 6.45) is 1.44. The normalized spacial score (nSPS) is 15.1. The Morgan fingerprint density at radius 2 is 1.56 bits per heavy atom. The zero-order chi connectivity index (χ0) is 22.7. The van der Waals surface area contributed by atoms with E-state index in [9.17, 15) is 14.4 Å². The lowest BCUT2D eigenvalue weighted by Gasteiger charge is -2.26. The zero-order valence-electron chi connectivity index (χ0n) is 17.2. The van der Waals surface area contributed by atoms with Crippen LogP contribution in [0.15, 0.2) is 78.4 Å². The van der Waals surface area contributed by atoms with Gasteiger partial charge < -0.3 is 4.74 Å². The lowest BCUT2D eigenvalue weighted by Crippen LogP contribution is -2.54. The number of nitrogens with one attached hydrogen (secondary N) is 1. The first-order valence-corrected chi connectivity index (χ1v) is 10.2. The number of benzene rings is 3. The van der Waals surface area contributed by atoms with Gasteiger partial charge in [0.15, 0.2) is 0 Å². The number of aryl methyl sites for hydroxylation is 1. The zero-order valence-corrected chi connectivity index (χ0v) is 17.9. The molecule has 0 bridgehead atoms. The van der Waals surface area contributed by atoms with Crippen LogP contribution in [0.25, 0.3) is 6.08 Å². The van der Waals surface area contributed by atoms with Gasteiger partial charge in [0.1, 0.15) is 17.9 Å². The van der Waals surface area contributed by atoms with Crippen molar-refractivity contribution in [3.8, 4) is 5.75 Å². The standard InChI is InChI=1S/C25H19ClN2O4/c1-16-2-4-18(5-3-16)15-32-21-12-6-17(7-13-21)14-22-23(29)27-25(31)28(24(22)30)20-10-8-19(26)9-11-20/h2-14H,15H2,1H3,(H,27,29,31)/b22-14+. The molecule has 4 rings (SSSR count). The fourth-order valence-electron chi connectivity index (χ4n) is 3.16. The van der Waals surface area contributed by atoms with E-state index in [0.717, 1.165) is 10.5 Å². The maximum atomic E-state index is 12.9. The topological polar surface area (TPSA) is 75.7 Å². The van der Waals surface area contributed by atoms with Gasteiger partial charge in [0, 0.05) is 5.02 Å².